The molecule has 3 heterocycles. The Morgan fingerprint density at radius 3 is 2.75 bits per heavy atom. The smallest absolute Gasteiger partial charge is 0.276 e. The average Bonchev–Trinajstić information content (AvgIpc) is 3.26. The van der Waals surface area contributed by atoms with Crippen molar-refractivity contribution in [2.75, 3.05) is 23.1 Å². The molecule has 2 aromatic heterocycles. The van der Waals surface area contributed by atoms with Crippen molar-refractivity contribution in [1.29, 1.82) is 0 Å². The van der Waals surface area contributed by atoms with Gasteiger partial charge >= 0.3 is 0 Å². The topological polar surface area (TPSA) is 118 Å². The number of aromatic nitrogens is 2. The van der Waals surface area contributed by atoms with Gasteiger partial charge < -0.3 is 10.6 Å². The molecule has 0 radical (unpaired) electrons. The van der Waals surface area contributed by atoms with Gasteiger partial charge in [0.25, 0.3) is 11.8 Å². The Hall–Kier alpha value is -1.69. The van der Waals surface area contributed by atoms with Crippen LogP contribution in [0.15, 0.2) is 11.4 Å². The van der Waals surface area contributed by atoms with Gasteiger partial charge in [-0.25, -0.2) is 18.4 Å². The van der Waals surface area contributed by atoms with Crippen molar-refractivity contribution in [3.63, 3.8) is 0 Å². The second-order valence-corrected chi connectivity index (χ2v) is 12.7. The van der Waals surface area contributed by atoms with Crippen molar-refractivity contribution in [3.05, 3.63) is 32.9 Å². The summed E-state index contributed by atoms with van der Waals surface area (Å²) in [6, 6.07) is -0.422. The molecule has 4 rings (SSSR count). The number of carbonyl (C=O) groups excluding carboxylic acids is 2. The molecule has 1 aliphatic heterocycles. The van der Waals surface area contributed by atoms with Gasteiger partial charge in [-0.2, -0.15) is 0 Å². The minimum atomic E-state index is -3.12. The van der Waals surface area contributed by atoms with E-state index in [2.05, 4.69) is 27.5 Å². The van der Waals surface area contributed by atoms with Crippen molar-refractivity contribution in [1.82, 2.24) is 15.3 Å². The Labute approximate surface area is 199 Å². The fraction of sp³-hybridized carbons (Fsp3) is 0.500. The summed E-state index contributed by atoms with van der Waals surface area (Å²) >= 11 is 8.83. The highest BCUT2D eigenvalue weighted by Gasteiger charge is 2.33. The van der Waals surface area contributed by atoms with Crippen molar-refractivity contribution >= 4 is 61.4 Å². The molecule has 0 unspecified atom stereocenters. The van der Waals surface area contributed by atoms with Gasteiger partial charge in [-0.3, -0.25) is 9.59 Å². The Morgan fingerprint density at radius 1 is 1.28 bits per heavy atom. The zero-order valence-electron chi connectivity index (χ0n) is 17.6. The SMILES string of the molecule is CSc1ncc(Cl)c(C(=O)Nc2sc3c(c2C(=O)N[C@H]2CCS(=O)(=O)C2)CC[C@@H](C)C3)n1. The molecule has 0 bridgehead atoms. The van der Waals surface area contributed by atoms with Gasteiger partial charge in [0.15, 0.2) is 20.7 Å². The molecule has 1 fully saturated rings. The summed E-state index contributed by atoms with van der Waals surface area (Å²) in [5.41, 5.74) is 1.39. The first-order chi connectivity index (χ1) is 15.2. The van der Waals surface area contributed by atoms with E-state index in [9.17, 15) is 18.0 Å². The molecule has 2 aliphatic rings. The molecule has 2 amide bonds. The van der Waals surface area contributed by atoms with Crippen LogP contribution in [0.1, 0.15) is 51.1 Å². The van der Waals surface area contributed by atoms with Crippen LogP contribution in [0.25, 0.3) is 0 Å². The minimum absolute atomic E-state index is 0.0407. The van der Waals surface area contributed by atoms with E-state index in [0.717, 1.165) is 29.7 Å². The molecule has 0 spiro atoms. The standard InChI is InChI=1S/C20H23ClN4O4S3/c1-10-3-4-12-14(7-10)31-19(15(12)17(26)23-11-5-6-32(28,29)9-11)25-18(27)16-13(21)8-22-20(24-16)30-2/h8,10-11H,3-7,9H2,1-2H3,(H,23,26)(H,25,27)/t10-,11+/m1/s1. The minimum Gasteiger partial charge on any atom is -0.348 e. The van der Waals surface area contributed by atoms with Gasteiger partial charge in [-0.1, -0.05) is 30.3 Å². The fourth-order valence-electron chi connectivity index (χ4n) is 4.02. The molecule has 12 heteroatoms. The second kappa shape index (κ2) is 9.28. The van der Waals surface area contributed by atoms with E-state index in [1.807, 2.05) is 0 Å². The number of carbonyl (C=O) groups is 2. The predicted octanol–water partition coefficient (Wildman–Crippen LogP) is 3.21. The zero-order valence-corrected chi connectivity index (χ0v) is 20.8. The van der Waals surface area contributed by atoms with Gasteiger partial charge in [0.2, 0.25) is 0 Å². The van der Waals surface area contributed by atoms with Crippen LogP contribution in [0.3, 0.4) is 0 Å². The van der Waals surface area contributed by atoms with E-state index < -0.39 is 21.8 Å². The number of hydrogen-bond donors (Lipinski definition) is 2. The number of sulfone groups is 1. The lowest BCUT2D eigenvalue weighted by Crippen LogP contribution is -2.36. The molecule has 0 saturated carbocycles. The van der Waals surface area contributed by atoms with Crippen molar-refractivity contribution in [2.24, 2.45) is 5.92 Å². The van der Waals surface area contributed by atoms with Crippen LogP contribution in [-0.2, 0) is 22.7 Å². The second-order valence-electron chi connectivity index (χ2n) is 8.14. The summed E-state index contributed by atoms with van der Waals surface area (Å²) in [6.45, 7) is 2.16. The zero-order chi connectivity index (χ0) is 23.0. The largest absolute Gasteiger partial charge is 0.348 e. The number of halogens is 1. The van der Waals surface area contributed by atoms with Crippen LogP contribution in [0.5, 0.6) is 0 Å². The first kappa shape index (κ1) is 23.5. The third-order valence-electron chi connectivity index (χ3n) is 5.65. The van der Waals surface area contributed by atoms with Crippen LogP contribution in [0.4, 0.5) is 5.00 Å². The molecule has 1 aliphatic carbocycles. The Balaban J connectivity index is 1.64. The van der Waals surface area contributed by atoms with E-state index in [1.165, 1.54) is 29.3 Å². The van der Waals surface area contributed by atoms with Crippen LogP contribution >= 0.6 is 34.7 Å². The number of fused-ring (bicyclic) bond motifs is 1. The van der Waals surface area contributed by atoms with Gasteiger partial charge in [-0.15, -0.1) is 11.3 Å². The third-order valence-corrected chi connectivity index (χ3v) is 9.43. The predicted molar refractivity (Wildman–Crippen MR) is 127 cm³/mol. The first-order valence-electron chi connectivity index (χ1n) is 10.2. The van der Waals surface area contributed by atoms with E-state index in [1.54, 1.807) is 6.26 Å². The van der Waals surface area contributed by atoms with E-state index in [-0.39, 0.29) is 28.1 Å². The first-order valence-corrected chi connectivity index (χ1v) is 14.4. The number of thiophene rings is 1. The van der Waals surface area contributed by atoms with Gasteiger partial charge in [0, 0.05) is 10.9 Å². The van der Waals surface area contributed by atoms with E-state index >= 15 is 0 Å². The molecule has 2 aromatic rings. The summed E-state index contributed by atoms with van der Waals surface area (Å²) in [7, 11) is -3.12. The molecule has 32 heavy (non-hydrogen) atoms. The maximum atomic E-state index is 13.2. The normalized spacial score (nSPS) is 21.7. The molecule has 0 aromatic carbocycles. The Bertz CT molecular complexity index is 1180. The average molecular weight is 515 g/mol. The lowest BCUT2D eigenvalue weighted by atomic mass is 9.88. The summed E-state index contributed by atoms with van der Waals surface area (Å²) in [6.07, 6.45) is 6.09. The van der Waals surface area contributed by atoms with Crippen LogP contribution < -0.4 is 10.6 Å². The maximum Gasteiger partial charge on any atom is 0.276 e. The number of anilines is 1. The fourth-order valence-corrected chi connectivity index (χ4v) is 7.61. The molecule has 1 saturated heterocycles. The van der Waals surface area contributed by atoms with Gasteiger partial charge in [-0.05, 0) is 43.4 Å². The number of rotatable bonds is 5. The Morgan fingerprint density at radius 2 is 2.06 bits per heavy atom. The molecule has 2 N–H and O–H groups in total. The summed E-state index contributed by atoms with van der Waals surface area (Å²) in [5, 5.41) is 6.67. The molecular formula is C20H23ClN4O4S3. The monoisotopic (exact) mass is 514 g/mol. The number of thioether (sulfide) groups is 1. The summed E-state index contributed by atoms with van der Waals surface area (Å²) in [5.74, 6) is -0.367. The highest BCUT2D eigenvalue weighted by atomic mass is 35.5. The summed E-state index contributed by atoms with van der Waals surface area (Å²) in [4.78, 5) is 35.5. The summed E-state index contributed by atoms with van der Waals surface area (Å²) < 4.78 is 23.6. The van der Waals surface area contributed by atoms with Crippen molar-refractivity contribution in [3.8, 4) is 0 Å². The molecule has 172 valence electrons. The Kier molecular flexibility index (Phi) is 6.81. The van der Waals surface area contributed by atoms with Gasteiger partial charge in [0.1, 0.15) is 5.00 Å². The molecular weight excluding hydrogens is 492 g/mol. The van der Waals surface area contributed by atoms with Crippen LogP contribution in [0, 0.1) is 5.92 Å². The third kappa shape index (κ3) is 4.95. The van der Waals surface area contributed by atoms with E-state index in [4.69, 9.17) is 11.6 Å². The molecule has 2 atom stereocenters. The number of amides is 2. The lowest BCUT2D eigenvalue weighted by molar-refractivity contribution is 0.0941. The molecule has 8 nitrogen and oxygen atoms in total. The van der Waals surface area contributed by atoms with Gasteiger partial charge in [0.05, 0.1) is 28.3 Å². The number of nitrogens with zero attached hydrogens (tertiary/aromatic N) is 2. The number of nitrogens with one attached hydrogen (secondary N) is 2. The maximum absolute atomic E-state index is 13.2. The number of hydrogen-bond acceptors (Lipinski definition) is 8. The van der Waals surface area contributed by atoms with Crippen LogP contribution in [0.2, 0.25) is 5.02 Å². The van der Waals surface area contributed by atoms with Crippen LogP contribution in [-0.4, -0.2) is 54.0 Å². The lowest BCUT2D eigenvalue weighted by Gasteiger charge is -2.19. The van der Waals surface area contributed by atoms with E-state index in [0.29, 0.717) is 28.1 Å². The highest BCUT2D eigenvalue weighted by molar-refractivity contribution is 7.98. The van der Waals surface area contributed by atoms with Crippen molar-refractivity contribution in [2.45, 2.75) is 43.8 Å². The quantitative estimate of drug-likeness (QED) is 0.464. The van der Waals surface area contributed by atoms with Crippen molar-refractivity contribution < 1.29 is 18.0 Å². The highest BCUT2D eigenvalue weighted by Crippen LogP contribution is 2.40.